The van der Waals surface area contributed by atoms with Crippen LogP contribution in [0.15, 0.2) is 30.9 Å². The van der Waals surface area contributed by atoms with Gasteiger partial charge in [0, 0.05) is 56.9 Å². The van der Waals surface area contributed by atoms with Crippen LogP contribution < -0.4 is 0 Å². The molecule has 3 heterocycles. The van der Waals surface area contributed by atoms with Crippen molar-refractivity contribution < 1.29 is 4.74 Å². The van der Waals surface area contributed by atoms with E-state index in [0.29, 0.717) is 18.1 Å². The van der Waals surface area contributed by atoms with Crippen LogP contribution in [0.1, 0.15) is 18.7 Å². The zero-order valence-corrected chi connectivity index (χ0v) is 13.0. The number of ether oxygens (including phenoxy) is 1. The topological polar surface area (TPSA) is 48.1 Å². The molecule has 2 aromatic heterocycles. The molecule has 0 unspecified atom stereocenters. The molecule has 1 saturated heterocycles. The lowest BCUT2D eigenvalue weighted by atomic mass is 10.0. The van der Waals surface area contributed by atoms with E-state index in [1.165, 1.54) is 12.8 Å². The number of nitrogens with zero attached hydrogens (tertiary/aromatic N) is 5. The molecule has 2 fully saturated rings. The minimum absolute atomic E-state index is 0.332. The summed E-state index contributed by atoms with van der Waals surface area (Å²) in [6.45, 7) is 3.71. The van der Waals surface area contributed by atoms with Crippen LogP contribution in [0.25, 0.3) is 0 Å². The van der Waals surface area contributed by atoms with Gasteiger partial charge in [0.1, 0.15) is 5.82 Å². The van der Waals surface area contributed by atoms with Gasteiger partial charge in [-0.05, 0) is 18.9 Å². The third kappa shape index (κ3) is 2.57. The molecule has 1 aliphatic heterocycles. The Morgan fingerprint density at radius 1 is 1.27 bits per heavy atom. The number of aryl methyl sites for hydroxylation is 1. The Morgan fingerprint density at radius 2 is 2.23 bits per heavy atom. The first-order valence-electron chi connectivity index (χ1n) is 8.10. The molecule has 2 aliphatic rings. The van der Waals surface area contributed by atoms with Crippen LogP contribution in [0.3, 0.4) is 0 Å². The van der Waals surface area contributed by atoms with Crippen molar-refractivity contribution in [1.82, 2.24) is 24.2 Å². The smallest absolute Gasteiger partial charge is 0.122 e. The van der Waals surface area contributed by atoms with Gasteiger partial charge < -0.3 is 9.30 Å². The van der Waals surface area contributed by atoms with Crippen molar-refractivity contribution in [1.29, 1.82) is 0 Å². The van der Waals surface area contributed by atoms with E-state index in [1.54, 1.807) is 0 Å². The van der Waals surface area contributed by atoms with E-state index in [2.05, 4.69) is 26.6 Å². The fourth-order valence-corrected chi connectivity index (χ4v) is 3.91. The quantitative estimate of drug-likeness (QED) is 0.854. The summed E-state index contributed by atoms with van der Waals surface area (Å²) in [5, 5.41) is 4.34. The Labute approximate surface area is 130 Å². The molecule has 0 aromatic carbocycles. The molecule has 2 aromatic rings. The first-order valence-corrected chi connectivity index (χ1v) is 8.10. The monoisotopic (exact) mass is 301 g/mol. The van der Waals surface area contributed by atoms with Crippen LogP contribution >= 0.6 is 0 Å². The third-order valence-electron chi connectivity index (χ3n) is 5.08. The van der Waals surface area contributed by atoms with Gasteiger partial charge in [0.05, 0.1) is 19.3 Å². The molecular formula is C16H23N5O. The van der Waals surface area contributed by atoms with Crippen LogP contribution in [0.2, 0.25) is 0 Å². The van der Waals surface area contributed by atoms with Crippen molar-refractivity contribution in [3.8, 4) is 0 Å². The van der Waals surface area contributed by atoms with Gasteiger partial charge in [0.15, 0.2) is 0 Å². The molecule has 22 heavy (non-hydrogen) atoms. The van der Waals surface area contributed by atoms with E-state index in [0.717, 1.165) is 32.1 Å². The number of aromatic nitrogens is 4. The highest BCUT2D eigenvalue weighted by molar-refractivity contribution is 4.98. The average molecular weight is 301 g/mol. The van der Waals surface area contributed by atoms with E-state index in [4.69, 9.17) is 4.74 Å². The molecule has 0 amide bonds. The highest BCUT2D eigenvalue weighted by Gasteiger charge is 2.42. The van der Waals surface area contributed by atoms with Crippen LogP contribution in [-0.4, -0.2) is 49.5 Å². The van der Waals surface area contributed by atoms with Crippen molar-refractivity contribution in [3.63, 3.8) is 0 Å². The standard InChI is InChI=1S/C16H23N5O/c1-19-8-6-17-15(19)12-20-9-10-22-16-13(3-4-14(16)20)11-21-7-2-5-18-21/h2,5-8,13-14,16H,3-4,9-12H2,1H3/t13-,14+,16-/m1/s1. The fourth-order valence-electron chi connectivity index (χ4n) is 3.91. The number of rotatable bonds is 4. The Morgan fingerprint density at radius 3 is 3.00 bits per heavy atom. The highest BCUT2D eigenvalue weighted by atomic mass is 16.5. The second-order valence-corrected chi connectivity index (χ2v) is 6.39. The molecule has 6 heteroatoms. The Kier molecular flexibility index (Phi) is 3.72. The lowest BCUT2D eigenvalue weighted by molar-refractivity contribution is -0.0798. The first kappa shape index (κ1) is 14.0. The number of hydrogen-bond acceptors (Lipinski definition) is 4. The number of imidazole rings is 1. The van der Waals surface area contributed by atoms with Crippen molar-refractivity contribution >= 4 is 0 Å². The van der Waals surface area contributed by atoms with E-state index in [9.17, 15) is 0 Å². The third-order valence-corrected chi connectivity index (χ3v) is 5.08. The van der Waals surface area contributed by atoms with Crippen molar-refractivity contribution in [2.75, 3.05) is 13.2 Å². The van der Waals surface area contributed by atoms with E-state index < -0.39 is 0 Å². The summed E-state index contributed by atoms with van der Waals surface area (Å²) in [5.41, 5.74) is 0. The summed E-state index contributed by atoms with van der Waals surface area (Å²) < 4.78 is 10.3. The predicted molar refractivity (Wildman–Crippen MR) is 82.1 cm³/mol. The van der Waals surface area contributed by atoms with E-state index in [1.807, 2.05) is 35.5 Å². The minimum atomic E-state index is 0.332. The first-order chi connectivity index (χ1) is 10.8. The SMILES string of the molecule is Cn1ccnc1CN1CCO[C@@H]2[C@@H](Cn3cccn3)CC[C@@H]21. The summed E-state index contributed by atoms with van der Waals surface area (Å²) >= 11 is 0. The molecular weight excluding hydrogens is 278 g/mol. The van der Waals surface area contributed by atoms with Gasteiger partial charge >= 0.3 is 0 Å². The molecule has 3 atom stereocenters. The van der Waals surface area contributed by atoms with E-state index in [-0.39, 0.29) is 0 Å². The van der Waals surface area contributed by atoms with Crippen molar-refractivity contribution in [2.24, 2.45) is 13.0 Å². The number of fused-ring (bicyclic) bond motifs is 1. The van der Waals surface area contributed by atoms with Crippen molar-refractivity contribution in [3.05, 3.63) is 36.7 Å². The Bertz CT molecular complexity index is 608. The minimum Gasteiger partial charge on any atom is -0.375 e. The zero-order valence-electron chi connectivity index (χ0n) is 13.0. The van der Waals surface area contributed by atoms with Gasteiger partial charge in [0.2, 0.25) is 0 Å². The molecule has 6 nitrogen and oxygen atoms in total. The molecule has 0 bridgehead atoms. The largest absolute Gasteiger partial charge is 0.375 e. The highest BCUT2D eigenvalue weighted by Crippen LogP contribution is 2.36. The summed E-state index contributed by atoms with van der Waals surface area (Å²) in [5.74, 6) is 1.70. The molecule has 0 spiro atoms. The second-order valence-electron chi connectivity index (χ2n) is 6.39. The molecule has 118 valence electrons. The number of morpholine rings is 1. The molecule has 0 radical (unpaired) electrons. The molecule has 4 rings (SSSR count). The van der Waals surface area contributed by atoms with Crippen LogP contribution in [0, 0.1) is 5.92 Å². The predicted octanol–water partition coefficient (Wildman–Crippen LogP) is 1.30. The molecule has 1 aliphatic carbocycles. The van der Waals surface area contributed by atoms with Crippen molar-refractivity contribution in [2.45, 2.75) is 38.1 Å². The maximum Gasteiger partial charge on any atom is 0.122 e. The van der Waals surface area contributed by atoms with Gasteiger partial charge in [-0.2, -0.15) is 5.10 Å². The normalized spacial score (nSPS) is 28.9. The maximum absolute atomic E-state index is 6.13. The van der Waals surface area contributed by atoms with Crippen LogP contribution in [-0.2, 0) is 24.9 Å². The van der Waals surface area contributed by atoms with Gasteiger partial charge in [-0.15, -0.1) is 0 Å². The van der Waals surface area contributed by atoms with Gasteiger partial charge in [-0.1, -0.05) is 0 Å². The van der Waals surface area contributed by atoms with Crippen LogP contribution in [0.4, 0.5) is 0 Å². The van der Waals surface area contributed by atoms with Gasteiger partial charge in [-0.3, -0.25) is 9.58 Å². The zero-order chi connectivity index (χ0) is 14.9. The second kappa shape index (κ2) is 5.85. The lowest BCUT2D eigenvalue weighted by Gasteiger charge is -2.39. The molecule has 1 saturated carbocycles. The van der Waals surface area contributed by atoms with E-state index >= 15 is 0 Å². The van der Waals surface area contributed by atoms with Gasteiger partial charge in [0.25, 0.3) is 0 Å². The Hall–Kier alpha value is -1.66. The van der Waals surface area contributed by atoms with Gasteiger partial charge in [-0.25, -0.2) is 4.98 Å². The summed E-state index contributed by atoms with van der Waals surface area (Å²) in [6.07, 6.45) is 10.5. The fraction of sp³-hybridized carbons (Fsp3) is 0.625. The van der Waals surface area contributed by atoms with Crippen LogP contribution in [0.5, 0.6) is 0 Å². The summed E-state index contributed by atoms with van der Waals surface area (Å²) in [4.78, 5) is 7.03. The lowest BCUT2D eigenvalue weighted by Crippen LogP contribution is -2.50. The average Bonchev–Trinajstić information content (AvgIpc) is 3.24. The summed E-state index contributed by atoms with van der Waals surface area (Å²) in [6, 6.07) is 2.51. The Balaban J connectivity index is 1.45. The molecule has 0 N–H and O–H groups in total. The number of hydrogen-bond donors (Lipinski definition) is 0. The maximum atomic E-state index is 6.13. The summed E-state index contributed by atoms with van der Waals surface area (Å²) in [7, 11) is 2.06.